The largest absolute Gasteiger partial charge is 0.306 e. The Labute approximate surface area is 187 Å². The summed E-state index contributed by atoms with van der Waals surface area (Å²) in [5.74, 6) is 0.754. The lowest BCUT2D eigenvalue weighted by atomic mass is 9.94. The van der Waals surface area contributed by atoms with Crippen molar-refractivity contribution in [2.24, 2.45) is 10.9 Å². The van der Waals surface area contributed by atoms with Gasteiger partial charge in [-0.1, -0.05) is 55.0 Å². The summed E-state index contributed by atoms with van der Waals surface area (Å²) in [4.78, 5) is 18.8. The number of carbonyl (C=O) groups is 1. The van der Waals surface area contributed by atoms with Crippen LogP contribution in [-0.4, -0.2) is 43.6 Å². The number of hydrogen-bond donors (Lipinski definition) is 0. The molecule has 3 rings (SSSR count). The van der Waals surface area contributed by atoms with Crippen LogP contribution >= 0.6 is 0 Å². The second-order valence-corrected chi connectivity index (χ2v) is 8.84. The van der Waals surface area contributed by atoms with Crippen LogP contribution in [0, 0.1) is 12.8 Å². The normalized spacial score (nSPS) is 19.1. The number of allylic oxidation sites excluding steroid dienone is 1. The molecular formula is C28H36N2O. The molecule has 1 aliphatic heterocycles. The molecule has 31 heavy (non-hydrogen) atoms. The van der Waals surface area contributed by atoms with E-state index in [0.717, 1.165) is 28.0 Å². The van der Waals surface area contributed by atoms with E-state index in [1.807, 2.05) is 25.2 Å². The maximum absolute atomic E-state index is 11.8. The molecule has 1 heterocycles. The summed E-state index contributed by atoms with van der Waals surface area (Å²) in [5, 5.41) is 0. The number of rotatable bonds is 5. The van der Waals surface area contributed by atoms with Gasteiger partial charge in [-0.05, 0) is 82.8 Å². The Balaban J connectivity index is 1.74. The fourth-order valence-corrected chi connectivity index (χ4v) is 4.36. The lowest BCUT2D eigenvalue weighted by molar-refractivity contribution is 0.101. The highest BCUT2D eigenvalue weighted by molar-refractivity contribution is 6.14. The predicted octanol–water partition coefficient (Wildman–Crippen LogP) is 6.19. The van der Waals surface area contributed by atoms with Gasteiger partial charge in [0.05, 0.1) is 5.71 Å². The Kier molecular flexibility index (Phi) is 8.36. The van der Waals surface area contributed by atoms with E-state index in [0.29, 0.717) is 5.92 Å². The van der Waals surface area contributed by atoms with Crippen molar-refractivity contribution in [1.29, 1.82) is 0 Å². The van der Waals surface area contributed by atoms with Gasteiger partial charge in [-0.15, -0.1) is 0 Å². The van der Waals surface area contributed by atoms with Crippen molar-refractivity contribution in [1.82, 2.24) is 4.90 Å². The van der Waals surface area contributed by atoms with Crippen LogP contribution in [0.25, 0.3) is 6.08 Å². The zero-order valence-electron chi connectivity index (χ0n) is 19.5. The third-order valence-electron chi connectivity index (χ3n) is 6.35. The first-order valence-corrected chi connectivity index (χ1v) is 11.5. The monoisotopic (exact) mass is 416 g/mol. The molecular weight excluding hydrogens is 380 g/mol. The predicted molar refractivity (Wildman–Crippen MR) is 132 cm³/mol. The molecule has 0 spiro atoms. The summed E-state index contributed by atoms with van der Waals surface area (Å²) >= 11 is 0. The summed E-state index contributed by atoms with van der Waals surface area (Å²) in [6.07, 6.45) is 11.2. The van der Waals surface area contributed by atoms with Crippen molar-refractivity contribution in [2.75, 3.05) is 27.2 Å². The standard InChI is InChI=1S/C28H36N2O/c1-21-10-15-26(22(2)31)20-27(21)28(29-3)25-16-13-24(14-17-25)12-11-23-8-5-6-18-30(4)19-7-9-23/h10-17,20,23H,5-9,18-19H2,1-4H3. The number of carbonyl (C=O) groups excluding carboxylic acids is 1. The molecule has 1 aliphatic rings. The Morgan fingerprint density at radius 2 is 1.68 bits per heavy atom. The van der Waals surface area contributed by atoms with Crippen LogP contribution in [0.1, 0.15) is 71.6 Å². The number of Topliss-reactive ketones (excluding diaryl/α,β-unsaturated/α-hetero) is 1. The molecule has 1 fully saturated rings. The van der Waals surface area contributed by atoms with E-state index in [2.05, 4.69) is 60.3 Å². The minimum atomic E-state index is 0.0775. The highest BCUT2D eigenvalue weighted by Gasteiger charge is 2.12. The molecule has 1 atom stereocenters. The van der Waals surface area contributed by atoms with Crippen LogP contribution < -0.4 is 0 Å². The first kappa shape index (κ1) is 23.1. The van der Waals surface area contributed by atoms with Crippen molar-refractivity contribution in [3.63, 3.8) is 0 Å². The first-order chi connectivity index (χ1) is 15.0. The Morgan fingerprint density at radius 3 is 2.39 bits per heavy atom. The highest BCUT2D eigenvalue weighted by Crippen LogP contribution is 2.22. The lowest BCUT2D eigenvalue weighted by Crippen LogP contribution is -2.20. The van der Waals surface area contributed by atoms with E-state index in [1.165, 1.54) is 50.8 Å². The average molecular weight is 417 g/mol. The molecule has 164 valence electrons. The van der Waals surface area contributed by atoms with Gasteiger partial charge >= 0.3 is 0 Å². The topological polar surface area (TPSA) is 32.7 Å². The molecule has 2 aromatic rings. The molecule has 0 amide bonds. The molecule has 0 aromatic heterocycles. The Morgan fingerprint density at radius 1 is 1.00 bits per heavy atom. The number of aliphatic imine (C=N–C) groups is 1. The molecule has 3 nitrogen and oxygen atoms in total. The van der Waals surface area contributed by atoms with Crippen LogP contribution in [0.4, 0.5) is 0 Å². The summed E-state index contributed by atoms with van der Waals surface area (Å²) < 4.78 is 0. The van der Waals surface area contributed by atoms with Crippen molar-refractivity contribution in [3.8, 4) is 0 Å². The van der Waals surface area contributed by atoms with Crippen molar-refractivity contribution in [3.05, 3.63) is 76.4 Å². The van der Waals surface area contributed by atoms with Gasteiger partial charge in [0.25, 0.3) is 0 Å². The zero-order chi connectivity index (χ0) is 22.2. The third-order valence-corrected chi connectivity index (χ3v) is 6.35. The summed E-state index contributed by atoms with van der Waals surface area (Å²) in [6.45, 7) is 6.11. The summed E-state index contributed by atoms with van der Waals surface area (Å²) in [7, 11) is 4.06. The van der Waals surface area contributed by atoms with Crippen LogP contribution in [0.2, 0.25) is 0 Å². The van der Waals surface area contributed by atoms with Crippen molar-refractivity contribution < 1.29 is 4.79 Å². The maximum Gasteiger partial charge on any atom is 0.159 e. The first-order valence-electron chi connectivity index (χ1n) is 11.5. The quantitative estimate of drug-likeness (QED) is 0.430. The van der Waals surface area contributed by atoms with Crippen LogP contribution in [0.3, 0.4) is 0 Å². The molecule has 0 radical (unpaired) electrons. The minimum absolute atomic E-state index is 0.0775. The fourth-order valence-electron chi connectivity index (χ4n) is 4.36. The Bertz CT molecular complexity index is 940. The van der Waals surface area contributed by atoms with Crippen LogP contribution in [0.15, 0.2) is 53.5 Å². The van der Waals surface area contributed by atoms with Crippen LogP contribution in [0.5, 0.6) is 0 Å². The van der Waals surface area contributed by atoms with Gasteiger partial charge in [-0.3, -0.25) is 9.79 Å². The number of nitrogens with zero attached hydrogens (tertiary/aromatic N) is 2. The van der Waals surface area contributed by atoms with Gasteiger partial charge in [0, 0.05) is 23.7 Å². The van der Waals surface area contributed by atoms with Crippen molar-refractivity contribution >= 4 is 17.6 Å². The zero-order valence-corrected chi connectivity index (χ0v) is 19.5. The fraction of sp³-hybridized carbons (Fsp3) is 0.429. The van der Waals surface area contributed by atoms with E-state index in [9.17, 15) is 4.79 Å². The summed E-state index contributed by atoms with van der Waals surface area (Å²) in [5.41, 5.74) is 6.10. The molecule has 3 heteroatoms. The molecule has 0 N–H and O–H groups in total. The number of hydrogen-bond acceptors (Lipinski definition) is 3. The molecule has 1 saturated heterocycles. The second kappa shape index (κ2) is 11.2. The molecule has 2 aromatic carbocycles. The van der Waals surface area contributed by atoms with Gasteiger partial charge in [-0.2, -0.15) is 0 Å². The minimum Gasteiger partial charge on any atom is -0.306 e. The second-order valence-electron chi connectivity index (χ2n) is 8.84. The molecule has 0 bridgehead atoms. The third kappa shape index (κ3) is 6.48. The van der Waals surface area contributed by atoms with E-state index < -0.39 is 0 Å². The average Bonchev–Trinajstić information content (AvgIpc) is 2.86. The number of ketones is 1. The SMILES string of the molecule is CN=C(c1ccc(C=CC2CCCCN(C)CCC2)cc1)c1cc(C(C)=O)ccc1C. The van der Waals surface area contributed by atoms with E-state index in [4.69, 9.17) is 0 Å². The smallest absolute Gasteiger partial charge is 0.159 e. The van der Waals surface area contributed by atoms with Gasteiger partial charge in [0.2, 0.25) is 0 Å². The maximum atomic E-state index is 11.8. The highest BCUT2D eigenvalue weighted by atomic mass is 16.1. The summed E-state index contributed by atoms with van der Waals surface area (Å²) in [6, 6.07) is 14.5. The van der Waals surface area contributed by atoms with E-state index >= 15 is 0 Å². The van der Waals surface area contributed by atoms with Gasteiger partial charge in [-0.25, -0.2) is 0 Å². The molecule has 0 aliphatic carbocycles. The molecule has 1 unspecified atom stereocenters. The molecule has 0 saturated carbocycles. The van der Waals surface area contributed by atoms with E-state index in [1.54, 1.807) is 6.92 Å². The number of aryl methyl sites for hydroxylation is 1. The van der Waals surface area contributed by atoms with Gasteiger partial charge in [0.1, 0.15) is 0 Å². The van der Waals surface area contributed by atoms with Crippen molar-refractivity contribution in [2.45, 2.75) is 46.0 Å². The lowest BCUT2D eigenvalue weighted by Gasteiger charge is -2.14. The van der Waals surface area contributed by atoms with Gasteiger partial charge in [0.15, 0.2) is 5.78 Å². The Hall–Kier alpha value is -2.52. The van der Waals surface area contributed by atoms with Gasteiger partial charge < -0.3 is 4.90 Å². The van der Waals surface area contributed by atoms with E-state index in [-0.39, 0.29) is 5.78 Å². The number of benzene rings is 2. The van der Waals surface area contributed by atoms with Crippen LogP contribution in [-0.2, 0) is 0 Å².